The highest BCUT2D eigenvalue weighted by atomic mass is 127. The number of fused-ring (bicyclic) bond motifs is 1. The first kappa shape index (κ1) is 9.83. The van der Waals surface area contributed by atoms with Crippen molar-refractivity contribution in [3.63, 3.8) is 0 Å². The van der Waals surface area contributed by atoms with Crippen molar-refractivity contribution in [3.05, 3.63) is 45.5 Å². The fourth-order valence-electron chi connectivity index (χ4n) is 1.39. The topological polar surface area (TPSA) is 0 Å². The zero-order valence-corrected chi connectivity index (χ0v) is 9.33. The SMILES string of the molecule is FC(F)c1ccc2cccc(I)c2c1. The molecular weight excluding hydrogens is 297 g/mol. The Morgan fingerprint density at radius 2 is 1.86 bits per heavy atom. The Morgan fingerprint density at radius 1 is 1.07 bits per heavy atom. The van der Waals surface area contributed by atoms with E-state index < -0.39 is 6.43 Å². The maximum atomic E-state index is 12.4. The Labute approximate surface area is 94.1 Å². The molecule has 2 aromatic rings. The summed E-state index contributed by atoms with van der Waals surface area (Å²) in [5.41, 5.74) is 0.0848. The lowest BCUT2D eigenvalue weighted by Crippen LogP contribution is -1.85. The molecule has 0 aromatic heterocycles. The number of hydrogen-bond donors (Lipinski definition) is 0. The zero-order valence-electron chi connectivity index (χ0n) is 7.18. The summed E-state index contributed by atoms with van der Waals surface area (Å²) in [6, 6.07) is 10.5. The van der Waals surface area contributed by atoms with Crippen LogP contribution in [0.1, 0.15) is 12.0 Å². The molecule has 0 fully saturated rings. The van der Waals surface area contributed by atoms with E-state index in [1.54, 1.807) is 12.1 Å². The monoisotopic (exact) mass is 304 g/mol. The van der Waals surface area contributed by atoms with Crippen molar-refractivity contribution in [2.45, 2.75) is 6.43 Å². The Balaban J connectivity index is 2.70. The predicted molar refractivity (Wildman–Crippen MR) is 61.6 cm³/mol. The first-order valence-corrected chi connectivity index (χ1v) is 5.22. The largest absolute Gasteiger partial charge is 0.263 e. The van der Waals surface area contributed by atoms with E-state index in [0.717, 1.165) is 14.3 Å². The predicted octanol–water partition coefficient (Wildman–Crippen LogP) is 4.38. The van der Waals surface area contributed by atoms with Gasteiger partial charge < -0.3 is 0 Å². The maximum Gasteiger partial charge on any atom is 0.263 e. The second kappa shape index (κ2) is 3.81. The Kier molecular flexibility index (Phi) is 2.67. The molecule has 0 amide bonds. The van der Waals surface area contributed by atoms with Gasteiger partial charge in [-0.2, -0.15) is 0 Å². The summed E-state index contributed by atoms with van der Waals surface area (Å²) in [6.07, 6.45) is -2.39. The van der Waals surface area contributed by atoms with E-state index in [-0.39, 0.29) is 5.56 Å². The van der Waals surface area contributed by atoms with Gasteiger partial charge in [0.05, 0.1) is 0 Å². The van der Waals surface area contributed by atoms with E-state index in [1.165, 1.54) is 6.07 Å². The molecular formula is C11H7F2I. The van der Waals surface area contributed by atoms with E-state index in [4.69, 9.17) is 0 Å². The van der Waals surface area contributed by atoms with Crippen LogP contribution in [0.2, 0.25) is 0 Å². The average molecular weight is 304 g/mol. The van der Waals surface area contributed by atoms with Crippen LogP contribution in [-0.2, 0) is 0 Å². The molecule has 0 aliphatic carbocycles. The van der Waals surface area contributed by atoms with E-state index in [9.17, 15) is 8.78 Å². The number of benzene rings is 2. The van der Waals surface area contributed by atoms with Gasteiger partial charge in [0.15, 0.2) is 0 Å². The fraction of sp³-hybridized carbons (Fsp3) is 0.0909. The van der Waals surface area contributed by atoms with Gasteiger partial charge in [0.25, 0.3) is 6.43 Å². The average Bonchev–Trinajstić information content (AvgIpc) is 2.18. The number of alkyl halides is 2. The van der Waals surface area contributed by atoms with Crippen LogP contribution < -0.4 is 0 Å². The van der Waals surface area contributed by atoms with Crippen molar-refractivity contribution < 1.29 is 8.78 Å². The normalized spacial score (nSPS) is 11.1. The lowest BCUT2D eigenvalue weighted by atomic mass is 10.1. The standard InChI is InChI=1S/C11H7F2I/c12-11(13)8-5-4-7-2-1-3-10(14)9(7)6-8/h1-6,11H. The summed E-state index contributed by atoms with van der Waals surface area (Å²) < 4.78 is 25.9. The van der Waals surface area contributed by atoms with Gasteiger partial charge in [0, 0.05) is 9.13 Å². The third-order valence-corrected chi connectivity index (χ3v) is 3.05. The van der Waals surface area contributed by atoms with Gasteiger partial charge in [0.2, 0.25) is 0 Å². The first-order valence-electron chi connectivity index (χ1n) is 4.15. The van der Waals surface area contributed by atoms with Crippen LogP contribution in [0, 0.1) is 3.57 Å². The van der Waals surface area contributed by atoms with Gasteiger partial charge >= 0.3 is 0 Å². The summed E-state index contributed by atoms with van der Waals surface area (Å²) in [5, 5.41) is 1.90. The zero-order chi connectivity index (χ0) is 10.1. The van der Waals surface area contributed by atoms with Crippen molar-refractivity contribution in [3.8, 4) is 0 Å². The molecule has 0 N–H and O–H groups in total. The molecule has 0 radical (unpaired) electrons. The summed E-state index contributed by atoms with van der Waals surface area (Å²) in [5.74, 6) is 0. The summed E-state index contributed by atoms with van der Waals surface area (Å²) in [6.45, 7) is 0. The van der Waals surface area contributed by atoms with E-state index >= 15 is 0 Å². The lowest BCUT2D eigenvalue weighted by Gasteiger charge is -2.03. The molecule has 0 unspecified atom stereocenters. The molecule has 72 valence electrons. The van der Waals surface area contributed by atoms with Crippen LogP contribution in [0.5, 0.6) is 0 Å². The van der Waals surface area contributed by atoms with E-state index in [0.29, 0.717) is 0 Å². The van der Waals surface area contributed by atoms with Gasteiger partial charge in [-0.05, 0) is 45.5 Å². The van der Waals surface area contributed by atoms with Crippen LogP contribution in [0.4, 0.5) is 8.78 Å². The van der Waals surface area contributed by atoms with Crippen molar-refractivity contribution in [2.75, 3.05) is 0 Å². The van der Waals surface area contributed by atoms with Gasteiger partial charge in [0.1, 0.15) is 0 Å². The lowest BCUT2D eigenvalue weighted by molar-refractivity contribution is 0.151. The highest BCUT2D eigenvalue weighted by Gasteiger charge is 2.07. The molecule has 0 aliphatic rings. The third-order valence-electron chi connectivity index (χ3n) is 2.10. The second-order valence-electron chi connectivity index (χ2n) is 3.02. The number of halogens is 3. The van der Waals surface area contributed by atoms with Crippen LogP contribution >= 0.6 is 22.6 Å². The minimum atomic E-state index is -2.39. The molecule has 2 aromatic carbocycles. The first-order chi connectivity index (χ1) is 6.68. The molecule has 2 rings (SSSR count). The molecule has 0 spiro atoms. The van der Waals surface area contributed by atoms with Crippen LogP contribution in [-0.4, -0.2) is 0 Å². The summed E-state index contributed by atoms with van der Waals surface area (Å²) in [7, 11) is 0. The van der Waals surface area contributed by atoms with E-state index in [2.05, 4.69) is 22.6 Å². The molecule has 0 saturated heterocycles. The van der Waals surface area contributed by atoms with Gasteiger partial charge in [-0.25, -0.2) is 8.78 Å². The molecule has 0 heterocycles. The molecule has 14 heavy (non-hydrogen) atoms. The van der Waals surface area contributed by atoms with Crippen molar-refractivity contribution in [1.29, 1.82) is 0 Å². The Bertz CT molecular complexity index is 466. The Hall–Kier alpha value is -0.710. The van der Waals surface area contributed by atoms with Crippen molar-refractivity contribution in [1.82, 2.24) is 0 Å². The van der Waals surface area contributed by atoms with Crippen molar-refractivity contribution in [2.24, 2.45) is 0 Å². The highest BCUT2D eigenvalue weighted by Crippen LogP contribution is 2.26. The number of hydrogen-bond acceptors (Lipinski definition) is 0. The minimum Gasteiger partial charge on any atom is -0.205 e. The summed E-state index contributed by atoms with van der Waals surface area (Å²) in [4.78, 5) is 0. The van der Waals surface area contributed by atoms with Gasteiger partial charge in [-0.3, -0.25) is 0 Å². The third kappa shape index (κ3) is 1.73. The smallest absolute Gasteiger partial charge is 0.205 e. The van der Waals surface area contributed by atoms with Crippen LogP contribution in [0.3, 0.4) is 0 Å². The highest BCUT2D eigenvalue weighted by molar-refractivity contribution is 14.1. The quantitative estimate of drug-likeness (QED) is 0.686. The molecule has 0 aliphatic heterocycles. The minimum absolute atomic E-state index is 0.0848. The second-order valence-corrected chi connectivity index (χ2v) is 4.18. The summed E-state index contributed by atoms with van der Waals surface area (Å²) >= 11 is 2.15. The molecule has 0 saturated carbocycles. The van der Waals surface area contributed by atoms with Gasteiger partial charge in [-0.15, -0.1) is 0 Å². The molecule has 3 heteroatoms. The van der Waals surface area contributed by atoms with Crippen LogP contribution in [0.15, 0.2) is 36.4 Å². The van der Waals surface area contributed by atoms with Crippen LogP contribution in [0.25, 0.3) is 10.8 Å². The molecule has 0 nitrogen and oxygen atoms in total. The molecule has 0 atom stereocenters. The fourth-order valence-corrected chi connectivity index (χ4v) is 2.06. The maximum absolute atomic E-state index is 12.4. The van der Waals surface area contributed by atoms with Crippen molar-refractivity contribution >= 4 is 33.4 Å². The molecule has 0 bridgehead atoms. The van der Waals surface area contributed by atoms with E-state index in [1.807, 2.05) is 18.2 Å². The number of rotatable bonds is 1. The van der Waals surface area contributed by atoms with Gasteiger partial charge in [-0.1, -0.05) is 24.3 Å². The Morgan fingerprint density at radius 3 is 2.57 bits per heavy atom.